The van der Waals surface area contributed by atoms with Crippen molar-refractivity contribution < 1.29 is 9.59 Å². The van der Waals surface area contributed by atoms with Gasteiger partial charge in [-0.1, -0.05) is 18.2 Å². The van der Waals surface area contributed by atoms with Gasteiger partial charge in [-0.3, -0.25) is 9.59 Å². The minimum absolute atomic E-state index is 0.0923. The maximum absolute atomic E-state index is 11.6. The minimum Gasteiger partial charge on any atom is -0.355 e. The highest BCUT2D eigenvalue weighted by molar-refractivity contribution is 6.01. The van der Waals surface area contributed by atoms with Crippen molar-refractivity contribution in [1.29, 1.82) is 0 Å². The average molecular weight is 269 g/mol. The maximum Gasteiger partial charge on any atom is 0.222 e. The summed E-state index contributed by atoms with van der Waals surface area (Å²) in [5.41, 5.74) is 1.94. The van der Waals surface area contributed by atoms with Gasteiger partial charge >= 0.3 is 0 Å². The van der Waals surface area contributed by atoms with Gasteiger partial charge in [0, 0.05) is 24.9 Å². The number of nitrogens with one attached hydrogen (secondary N) is 2. The molecule has 5 heteroatoms. The second-order valence-electron chi connectivity index (χ2n) is 4.34. The summed E-state index contributed by atoms with van der Waals surface area (Å²) >= 11 is 0. The Morgan fingerprint density at radius 3 is 2.40 bits per heavy atom. The van der Waals surface area contributed by atoms with E-state index < -0.39 is 0 Å². The van der Waals surface area contributed by atoms with Gasteiger partial charge in [0.25, 0.3) is 0 Å². The van der Waals surface area contributed by atoms with Crippen LogP contribution >= 0.6 is 0 Å². The van der Waals surface area contributed by atoms with E-state index in [9.17, 15) is 9.59 Å². The summed E-state index contributed by atoms with van der Waals surface area (Å²) in [6, 6.07) is 11.1. The minimum atomic E-state index is -0.210. The van der Waals surface area contributed by atoms with Gasteiger partial charge in [-0.25, -0.2) is 4.98 Å². The number of Topliss-reactive ketones (excluding diaryl/α,β-unsaturated/α-hetero) is 1. The standard InChI is InChI=1S/C15H15N3O2/c1-10(19)13-9-16-15(17-11(2)20)8-14(13)18-12-6-4-3-5-7-12/h3-9H,1-2H3,(H2,16,17,18,20). The number of hydrogen-bond donors (Lipinski definition) is 2. The number of amides is 1. The number of anilines is 3. The number of hydrogen-bond acceptors (Lipinski definition) is 4. The van der Waals surface area contributed by atoms with Crippen molar-refractivity contribution in [1.82, 2.24) is 4.98 Å². The zero-order chi connectivity index (χ0) is 14.5. The molecule has 2 rings (SSSR count). The van der Waals surface area contributed by atoms with Crippen LogP contribution in [-0.4, -0.2) is 16.7 Å². The molecule has 0 saturated heterocycles. The monoisotopic (exact) mass is 269 g/mol. The Kier molecular flexibility index (Phi) is 4.10. The lowest BCUT2D eigenvalue weighted by atomic mass is 10.1. The first-order chi connectivity index (χ1) is 9.56. The Bertz CT molecular complexity index is 639. The number of carbonyl (C=O) groups excluding carboxylic acids is 2. The van der Waals surface area contributed by atoms with Gasteiger partial charge in [0.1, 0.15) is 5.82 Å². The molecule has 102 valence electrons. The molecule has 0 unspecified atom stereocenters. The van der Waals surface area contributed by atoms with Gasteiger partial charge in [0.05, 0.1) is 11.3 Å². The van der Waals surface area contributed by atoms with Crippen molar-refractivity contribution in [3.05, 3.63) is 48.2 Å². The maximum atomic E-state index is 11.6. The predicted molar refractivity (Wildman–Crippen MR) is 78.3 cm³/mol. The molecule has 1 heterocycles. The lowest BCUT2D eigenvalue weighted by Gasteiger charge is -2.12. The van der Waals surface area contributed by atoms with Gasteiger partial charge < -0.3 is 10.6 Å². The van der Waals surface area contributed by atoms with Gasteiger partial charge in [0.2, 0.25) is 5.91 Å². The fraction of sp³-hybridized carbons (Fsp3) is 0.133. The molecule has 0 aliphatic carbocycles. The van der Waals surface area contributed by atoms with Gasteiger partial charge in [0.15, 0.2) is 5.78 Å². The van der Waals surface area contributed by atoms with Crippen LogP contribution in [-0.2, 0) is 4.79 Å². The summed E-state index contributed by atoms with van der Waals surface area (Å²) in [6.45, 7) is 2.89. The van der Waals surface area contributed by atoms with E-state index in [0.29, 0.717) is 17.1 Å². The molecule has 0 aliphatic heterocycles. The molecule has 2 N–H and O–H groups in total. The van der Waals surface area contributed by atoms with Gasteiger partial charge in [-0.15, -0.1) is 0 Å². The molecule has 0 spiro atoms. The molecule has 0 atom stereocenters. The lowest BCUT2D eigenvalue weighted by Crippen LogP contribution is -2.09. The third kappa shape index (κ3) is 3.41. The molecule has 1 aromatic heterocycles. The van der Waals surface area contributed by atoms with E-state index in [-0.39, 0.29) is 11.7 Å². The molecule has 2 aromatic rings. The Balaban J connectivity index is 2.36. The first-order valence-corrected chi connectivity index (χ1v) is 6.17. The third-order valence-electron chi connectivity index (χ3n) is 2.64. The molecular formula is C15H15N3O2. The van der Waals surface area contributed by atoms with Crippen LogP contribution in [0.1, 0.15) is 24.2 Å². The Hall–Kier alpha value is -2.69. The highest BCUT2D eigenvalue weighted by atomic mass is 16.1. The molecule has 0 aliphatic rings. The van der Waals surface area contributed by atoms with Crippen molar-refractivity contribution >= 4 is 28.9 Å². The summed E-state index contributed by atoms with van der Waals surface area (Å²) < 4.78 is 0. The fourth-order valence-corrected chi connectivity index (χ4v) is 1.77. The van der Waals surface area contributed by atoms with Crippen LogP contribution in [0.3, 0.4) is 0 Å². The molecule has 0 radical (unpaired) electrons. The molecule has 5 nitrogen and oxygen atoms in total. The number of para-hydroxylation sites is 1. The summed E-state index contributed by atoms with van der Waals surface area (Å²) in [7, 11) is 0. The molecule has 1 aromatic carbocycles. The summed E-state index contributed by atoms with van der Waals surface area (Å²) in [5, 5.41) is 5.75. The molecule has 20 heavy (non-hydrogen) atoms. The number of ketones is 1. The number of carbonyl (C=O) groups is 2. The highest BCUT2D eigenvalue weighted by Gasteiger charge is 2.10. The first kappa shape index (κ1) is 13.7. The third-order valence-corrected chi connectivity index (χ3v) is 2.64. The molecular weight excluding hydrogens is 254 g/mol. The van der Waals surface area contributed by atoms with Crippen LogP contribution in [0, 0.1) is 0 Å². The molecule has 0 bridgehead atoms. The van der Waals surface area contributed by atoms with E-state index in [0.717, 1.165) is 5.69 Å². The Morgan fingerprint density at radius 2 is 1.80 bits per heavy atom. The van der Waals surface area contributed by atoms with E-state index in [1.54, 1.807) is 6.07 Å². The summed E-state index contributed by atoms with van der Waals surface area (Å²) in [4.78, 5) is 26.7. The van der Waals surface area contributed by atoms with Gasteiger partial charge in [-0.05, 0) is 19.1 Å². The van der Waals surface area contributed by atoms with Crippen molar-refractivity contribution in [3.8, 4) is 0 Å². The van der Waals surface area contributed by atoms with Crippen molar-refractivity contribution in [2.45, 2.75) is 13.8 Å². The Morgan fingerprint density at radius 1 is 1.10 bits per heavy atom. The number of aromatic nitrogens is 1. The number of pyridine rings is 1. The smallest absolute Gasteiger partial charge is 0.222 e. The number of rotatable bonds is 4. The first-order valence-electron chi connectivity index (χ1n) is 6.17. The van der Waals surface area contributed by atoms with Crippen LogP contribution in [0.4, 0.5) is 17.2 Å². The van der Waals surface area contributed by atoms with Crippen LogP contribution in [0.15, 0.2) is 42.6 Å². The fourth-order valence-electron chi connectivity index (χ4n) is 1.77. The van der Waals surface area contributed by atoms with Gasteiger partial charge in [-0.2, -0.15) is 0 Å². The topological polar surface area (TPSA) is 71.1 Å². The second kappa shape index (κ2) is 5.97. The van der Waals surface area contributed by atoms with Crippen LogP contribution in [0.2, 0.25) is 0 Å². The van der Waals surface area contributed by atoms with E-state index in [4.69, 9.17) is 0 Å². The number of benzene rings is 1. The van der Waals surface area contributed by atoms with Crippen molar-refractivity contribution in [3.63, 3.8) is 0 Å². The quantitative estimate of drug-likeness (QED) is 0.837. The highest BCUT2D eigenvalue weighted by Crippen LogP contribution is 2.23. The Labute approximate surface area is 117 Å². The average Bonchev–Trinajstić information content (AvgIpc) is 2.39. The molecule has 0 saturated carbocycles. The zero-order valence-corrected chi connectivity index (χ0v) is 11.3. The van der Waals surface area contributed by atoms with E-state index in [1.807, 2.05) is 30.3 Å². The van der Waals surface area contributed by atoms with Crippen molar-refractivity contribution in [2.24, 2.45) is 0 Å². The second-order valence-corrected chi connectivity index (χ2v) is 4.34. The van der Waals surface area contributed by atoms with Crippen LogP contribution < -0.4 is 10.6 Å². The van der Waals surface area contributed by atoms with Crippen LogP contribution in [0.25, 0.3) is 0 Å². The summed E-state index contributed by atoms with van der Waals surface area (Å²) in [5.74, 6) is 0.102. The predicted octanol–water partition coefficient (Wildman–Crippen LogP) is 2.99. The summed E-state index contributed by atoms with van der Waals surface area (Å²) in [6.07, 6.45) is 1.46. The van der Waals surface area contributed by atoms with E-state index in [2.05, 4.69) is 15.6 Å². The lowest BCUT2D eigenvalue weighted by molar-refractivity contribution is -0.114. The molecule has 0 fully saturated rings. The van der Waals surface area contributed by atoms with E-state index in [1.165, 1.54) is 20.0 Å². The van der Waals surface area contributed by atoms with Crippen molar-refractivity contribution in [2.75, 3.05) is 10.6 Å². The van der Waals surface area contributed by atoms with E-state index >= 15 is 0 Å². The molecule has 1 amide bonds. The SMILES string of the molecule is CC(=O)Nc1cc(Nc2ccccc2)c(C(C)=O)cn1. The largest absolute Gasteiger partial charge is 0.355 e. The van der Waals surface area contributed by atoms with Crippen LogP contribution in [0.5, 0.6) is 0 Å². The number of nitrogens with zero attached hydrogens (tertiary/aromatic N) is 1. The normalized spacial score (nSPS) is 9.90. The zero-order valence-electron chi connectivity index (χ0n) is 11.3.